The lowest BCUT2D eigenvalue weighted by Gasteiger charge is -2.10. The van der Waals surface area contributed by atoms with Gasteiger partial charge in [-0.3, -0.25) is 0 Å². The molecule has 2 aromatic heterocycles. The fourth-order valence-corrected chi connectivity index (χ4v) is 1.70. The van der Waals surface area contributed by atoms with Gasteiger partial charge in [-0.25, -0.2) is 9.97 Å². The molecule has 0 saturated heterocycles. The number of nitrogens with zero attached hydrogens (tertiary/aromatic N) is 3. The lowest BCUT2D eigenvalue weighted by molar-refractivity contribution is 0.158. The predicted molar refractivity (Wildman–Crippen MR) is 72.1 cm³/mol. The monoisotopic (exact) mass is 249 g/mol. The van der Waals surface area contributed by atoms with Gasteiger partial charge in [-0.2, -0.15) is 0 Å². The Labute approximate surface area is 106 Å². The Bertz CT molecular complexity index is 496. The first-order chi connectivity index (χ1) is 8.85. The molecule has 6 nitrogen and oxygen atoms in total. The second-order valence-electron chi connectivity index (χ2n) is 3.79. The van der Waals surface area contributed by atoms with Gasteiger partial charge < -0.3 is 19.8 Å². The maximum atomic E-state index is 5.29. The van der Waals surface area contributed by atoms with Crippen LogP contribution in [0, 0.1) is 0 Å². The maximum Gasteiger partial charge on any atom is 0.180 e. The van der Waals surface area contributed by atoms with Gasteiger partial charge in [0.2, 0.25) is 0 Å². The molecular weight excluding hydrogens is 230 g/mol. The van der Waals surface area contributed by atoms with E-state index in [-0.39, 0.29) is 0 Å². The summed E-state index contributed by atoms with van der Waals surface area (Å²) in [5.41, 5.74) is 0.827. The van der Waals surface area contributed by atoms with Crippen LogP contribution in [0.2, 0.25) is 0 Å². The molecular formula is C12H19N5O. The van der Waals surface area contributed by atoms with E-state index in [9.17, 15) is 0 Å². The second kappa shape index (κ2) is 6.20. The van der Waals surface area contributed by atoms with Crippen molar-refractivity contribution >= 4 is 17.3 Å². The smallest absolute Gasteiger partial charge is 0.180 e. The summed E-state index contributed by atoms with van der Waals surface area (Å²) in [6, 6.07) is 0. The molecule has 0 aliphatic rings. The van der Waals surface area contributed by atoms with Crippen molar-refractivity contribution < 1.29 is 4.74 Å². The van der Waals surface area contributed by atoms with E-state index in [1.165, 1.54) is 0 Å². The van der Waals surface area contributed by atoms with Crippen molar-refractivity contribution in [3.63, 3.8) is 0 Å². The van der Waals surface area contributed by atoms with Crippen molar-refractivity contribution in [2.24, 2.45) is 0 Å². The van der Waals surface area contributed by atoms with Crippen LogP contribution in [0.25, 0.3) is 5.65 Å². The summed E-state index contributed by atoms with van der Waals surface area (Å²) in [5, 5.41) is 6.45. The van der Waals surface area contributed by atoms with E-state index in [0.29, 0.717) is 6.61 Å². The molecule has 0 bridgehead atoms. The quantitative estimate of drug-likeness (QED) is 0.730. The van der Waals surface area contributed by atoms with Crippen LogP contribution in [-0.4, -0.2) is 40.7 Å². The molecule has 0 aromatic carbocycles. The highest BCUT2D eigenvalue weighted by molar-refractivity contribution is 5.65. The Balaban J connectivity index is 2.15. The molecule has 0 unspecified atom stereocenters. The number of anilines is 2. The summed E-state index contributed by atoms with van der Waals surface area (Å²) in [6.07, 6.45) is 5.60. The van der Waals surface area contributed by atoms with Gasteiger partial charge in [-0.05, 0) is 13.8 Å². The number of ether oxygens (including phenoxy) is 1. The SMILES string of the molecule is CCNc1cn2ccnc2c(NCCOCC)n1. The van der Waals surface area contributed by atoms with Crippen LogP contribution in [0.1, 0.15) is 13.8 Å². The molecule has 0 saturated carbocycles. The summed E-state index contributed by atoms with van der Waals surface area (Å²) in [6.45, 7) is 6.98. The lowest BCUT2D eigenvalue weighted by Crippen LogP contribution is -2.12. The average Bonchev–Trinajstić information content (AvgIpc) is 2.83. The number of aromatic nitrogens is 3. The molecule has 0 spiro atoms. The Morgan fingerprint density at radius 3 is 3.00 bits per heavy atom. The van der Waals surface area contributed by atoms with Crippen LogP contribution in [-0.2, 0) is 4.74 Å². The number of rotatable bonds is 7. The van der Waals surface area contributed by atoms with Crippen LogP contribution >= 0.6 is 0 Å². The molecule has 0 radical (unpaired) electrons. The fourth-order valence-electron chi connectivity index (χ4n) is 1.70. The third-order valence-corrected chi connectivity index (χ3v) is 2.47. The molecule has 2 heterocycles. The molecule has 0 aliphatic carbocycles. The van der Waals surface area contributed by atoms with Crippen molar-refractivity contribution in [3.05, 3.63) is 18.6 Å². The number of fused-ring (bicyclic) bond motifs is 1. The molecule has 0 amide bonds. The van der Waals surface area contributed by atoms with Crippen LogP contribution in [0.4, 0.5) is 11.6 Å². The summed E-state index contributed by atoms with van der Waals surface area (Å²) >= 11 is 0. The van der Waals surface area contributed by atoms with Gasteiger partial charge in [0.05, 0.1) is 12.8 Å². The van der Waals surface area contributed by atoms with E-state index >= 15 is 0 Å². The minimum atomic E-state index is 0.663. The van der Waals surface area contributed by atoms with Crippen molar-refractivity contribution in [2.45, 2.75) is 13.8 Å². The van der Waals surface area contributed by atoms with E-state index < -0.39 is 0 Å². The number of hydrogen-bond donors (Lipinski definition) is 2. The highest BCUT2D eigenvalue weighted by Gasteiger charge is 2.06. The Kier molecular flexibility index (Phi) is 4.35. The topological polar surface area (TPSA) is 63.5 Å². The molecule has 18 heavy (non-hydrogen) atoms. The van der Waals surface area contributed by atoms with Gasteiger partial charge in [0.25, 0.3) is 0 Å². The lowest BCUT2D eigenvalue weighted by atomic mass is 10.5. The minimum absolute atomic E-state index is 0.663. The number of imidazole rings is 1. The Morgan fingerprint density at radius 1 is 1.33 bits per heavy atom. The first-order valence-corrected chi connectivity index (χ1v) is 6.24. The third kappa shape index (κ3) is 2.89. The van der Waals surface area contributed by atoms with Crippen molar-refractivity contribution in [1.82, 2.24) is 14.4 Å². The van der Waals surface area contributed by atoms with Gasteiger partial charge in [-0.15, -0.1) is 0 Å². The number of hydrogen-bond acceptors (Lipinski definition) is 5. The Hall–Kier alpha value is -1.82. The summed E-state index contributed by atoms with van der Waals surface area (Å²) < 4.78 is 7.25. The zero-order valence-electron chi connectivity index (χ0n) is 10.8. The molecule has 2 N–H and O–H groups in total. The van der Waals surface area contributed by atoms with Crippen molar-refractivity contribution in [1.29, 1.82) is 0 Å². The van der Waals surface area contributed by atoms with Crippen LogP contribution < -0.4 is 10.6 Å². The van der Waals surface area contributed by atoms with Crippen LogP contribution in [0.15, 0.2) is 18.6 Å². The van der Waals surface area contributed by atoms with Crippen molar-refractivity contribution in [2.75, 3.05) is 36.9 Å². The molecule has 0 atom stereocenters. The first kappa shape index (κ1) is 12.6. The molecule has 6 heteroatoms. The van der Waals surface area contributed by atoms with Gasteiger partial charge in [-0.1, -0.05) is 0 Å². The standard InChI is InChI=1S/C12H19N5O/c1-3-13-10-9-17-7-5-15-12(17)11(16-10)14-6-8-18-4-2/h5,7,9,13H,3-4,6,8H2,1-2H3,(H,14,16). The molecule has 98 valence electrons. The Morgan fingerprint density at radius 2 is 2.22 bits per heavy atom. The fraction of sp³-hybridized carbons (Fsp3) is 0.500. The summed E-state index contributed by atoms with van der Waals surface area (Å²) in [5.74, 6) is 1.61. The third-order valence-electron chi connectivity index (χ3n) is 2.47. The van der Waals surface area contributed by atoms with E-state index in [2.05, 4.69) is 20.6 Å². The van der Waals surface area contributed by atoms with Gasteiger partial charge >= 0.3 is 0 Å². The van der Waals surface area contributed by atoms with Gasteiger partial charge in [0.1, 0.15) is 5.82 Å². The molecule has 0 aliphatic heterocycles. The van der Waals surface area contributed by atoms with E-state index in [4.69, 9.17) is 4.74 Å². The van der Waals surface area contributed by atoms with Crippen molar-refractivity contribution in [3.8, 4) is 0 Å². The molecule has 2 aromatic rings. The maximum absolute atomic E-state index is 5.29. The summed E-state index contributed by atoms with van der Waals surface area (Å²) in [7, 11) is 0. The van der Waals surface area contributed by atoms with Crippen LogP contribution in [0.3, 0.4) is 0 Å². The average molecular weight is 249 g/mol. The normalized spacial score (nSPS) is 10.8. The van der Waals surface area contributed by atoms with E-state index in [1.807, 2.05) is 30.6 Å². The zero-order chi connectivity index (χ0) is 12.8. The predicted octanol–water partition coefficient (Wildman–Crippen LogP) is 1.61. The van der Waals surface area contributed by atoms with Gasteiger partial charge in [0, 0.05) is 32.1 Å². The van der Waals surface area contributed by atoms with Crippen LogP contribution in [0.5, 0.6) is 0 Å². The highest BCUT2D eigenvalue weighted by Crippen LogP contribution is 2.15. The molecule has 2 rings (SSSR count). The molecule has 0 fully saturated rings. The minimum Gasteiger partial charge on any atom is -0.380 e. The number of nitrogens with one attached hydrogen (secondary N) is 2. The van der Waals surface area contributed by atoms with E-state index in [1.54, 1.807) is 6.20 Å². The zero-order valence-corrected chi connectivity index (χ0v) is 10.8. The van der Waals surface area contributed by atoms with E-state index in [0.717, 1.165) is 37.0 Å². The largest absolute Gasteiger partial charge is 0.380 e. The highest BCUT2D eigenvalue weighted by atomic mass is 16.5. The summed E-state index contributed by atoms with van der Waals surface area (Å²) in [4.78, 5) is 8.79. The second-order valence-corrected chi connectivity index (χ2v) is 3.79. The first-order valence-electron chi connectivity index (χ1n) is 6.24. The van der Waals surface area contributed by atoms with Gasteiger partial charge in [0.15, 0.2) is 11.5 Å².